The van der Waals surface area contributed by atoms with E-state index in [1.165, 1.54) is 31.4 Å². The number of hydrogen-bond acceptors (Lipinski definition) is 5. The summed E-state index contributed by atoms with van der Waals surface area (Å²) in [6.45, 7) is 1.80. The third-order valence-electron chi connectivity index (χ3n) is 5.04. The maximum atomic E-state index is 13.8. The Morgan fingerprint density at radius 3 is 2.16 bits per heavy atom. The molecule has 0 spiro atoms. The lowest BCUT2D eigenvalue weighted by molar-refractivity contribution is -0.385. The van der Waals surface area contributed by atoms with Gasteiger partial charge in [-0.3, -0.25) is 15.4 Å². The second-order valence-electron chi connectivity index (χ2n) is 6.95. The molecule has 1 N–H and O–H groups in total. The molecule has 0 aromatic heterocycles. The Morgan fingerprint density at radius 2 is 1.58 bits per heavy atom. The number of nitrogens with one attached hydrogen (secondary N) is 1. The molecular formula is C23H22F2N2O4. The van der Waals surface area contributed by atoms with Crippen LogP contribution in [0.3, 0.4) is 0 Å². The fraction of sp³-hybridized carbons (Fsp3) is 0.217. The molecule has 31 heavy (non-hydrogen) atoms. The van der Waals surface area contributed by atoms with Crippen LogP contribution in [0.25, 0.3) is 0 Å². The second kappa shape index (κ2) is 9.53. The van der Waals surface area contributed by atoms with Crippen LogP contribution in [0.5, 0.6) is 11.5 Å². The summed E-state index contributed by atoms with van der Waals surface area (Å²) in [5, 5.41) is 14.7. The molecule has 8 heteroatoms. The topological polar surface area (TPSA) is 73.6 Å². The Kier molecular flexibility index (Phi) is 6.81. The molecule has 6 nitrogen and oxygen atoms in total. The molecular weight excluding hydrogens is 406 g/mol. The van der Waals surface area contributed by atoms with Gasteiger partial charge in [-0.2, -0.15) is 0 Å². The van der Waals surface area contributed by atoms with Gasteiger partial charge < -0.3 is 9.47 Å². The number of nitro groups is 1. The van der Waals surface area contributed by atoms with E-state index < -0.39 is 28.6 Å². The van der Waals surface area contributed by atoms with E-state index in [-0.39, 0.29) is 5.69 Å². The normalized spacial score (nSPS) is 12.8. The lowest BCUT2D eigenvalue weighted by atomic mass is 9.95. The second-order valence-corrected chi connectivity index (χ2v) is 6.95. The van der Waals surface area contributed by atoms with Crippen molar-refractivity contribution in [2.45, 2.75) is 19.0 Å². The highest BCUT2D eigenvalue weighted by Gasteiger charge is 2.24. The lowest BCUT2D eigenvalue weighted by Crippen LogP contribution is -2.26. The summed E-state index contributed by atoms with van der Waals surface area (Å²) in [6, 6.07) is 14.3. The number of benzene rings is 3. The van der Waals surface area contributed by atoms with Crippen molar-refractivity contribution in [1.82, 2.24) is 5.32 Å². The van der Waals surface area contributed by atoms with Crippen molar-refractivity contribution >= 4 is 5.69 Å². The first-order valence-electron chi connectivity index (χ1n) is 9.51. The van der Waals surface area contributed by atoms with E-state index in [9.17, 15) is 18.9 Å². The predicted molar refractivity (Wildman–Crippen MR) is 112 cm³/mol. The largest absolute Gasteiger partial charge is 0.497 e. The summed E-state index contributed by atoms with van der Waals surface area (Å²) < 4.78 is 37.8. The third kappa shape index (κ3) is 4.97. The molecule has 3 aromatic rings. The van der Waals surface area contributed by atoms with Crippen LogP contribution in [0.1, 0.15) is 35.7 Å². The van der Waals surface area contributed by atoms with Gasteiger partial charge >= 0.3 is 0 Å². The summed E-state index contributed by atoms with van der Waals surface area (Å²) in [5.74, 6) is -0.762. The number of rotatable bonds is 8. The molecule has 2 unspecified atom stereocenters. The SMILES string of the molecule is COc1ccc(C(NC(C)c2ccc(F)c(F)c2)c2cc([N+](=O)[O-])ccc2OC)cc1. The number of nitro benzene ring substituents is 1. The van der Waals surface area contributed by atoms with Gasteiger partial charge in [-0.25, -0.2) is 8.78 Å². The first-order valence-corrected chi connectivity index (χ1v) is 9.51. The van der Waals surface area contributed by atoms with E-state index in [1.54, 1.807) is 26.2 Å². The van der Waals surface area contributed by atoms with Crippen molar-refractivity contribution in [2.75, 3.05) is 14.2 Å². The van der Waals surface area contributed by atoms with Gasteiger partial charge in [0.2, 0.25) is 0 Å². The van der Waals surface area contributed by atoms with Gasteiger partial charge in [0.05, 0.1) is 25.2 Å². The third-order valence-corrected chi connectivity index (χ3v) is 5.04. The number of ether oxygens (including phenoxy) is 2. The maximum Gasteiger partial charge on any atom is 0.270 e. The smallest absolute Gasteiger partial charge is 0.270 e. The molecule has 0 radical (unpaired) electrons. The van der Waals surface area contributed by atoms with Gasteiger partial charge in [-0.05, 0) is 48.4 Å². The van der Waals surface area contributed by atoms with Crippen LogP contribution in [0.4, 0.5) is 14.5 Å². The van der Waals surface area contributed by atoms with Crippen LogP contribution in [0, 0.1) is 21.7 Å². The maximum absolute atomic E-state index is 13.8. The molecule has 0 bridgehead atoms. The minimum absolute atomic E-state index is 0.0865. The molecule has 0 aliphatic heterocycles. The van der Waals surface area contributed by atoms with E-state index in [2.05, 4.69) is 5.32 Å². The molecule has 0 fully saturated rings. The van der Waals surface area contributed by atoms with Gasteiger partial charge in [0.25, 0.3) is 5.69 Å². The van der Waals surface area contributed by atoms with Gasteiger partial charge in [0.1, 0.15) is 11.5 Å². The molecule has 162 valence electrons. The van der Waals surface area contributed by atoms with Crippen molar-refractivity contribution in [2.24, 2.45) is 0 Å². The molecule has 0 saturated heterocycles. The Morgan fingerprint density at radius 1 is 0.903 bits per heavy atom. The fourth-order valence-electron chi connectivity index (χ4n) is 3.35. The average molecular weight is 428 g/mol. The van der Waals surface area contributed by atoms with Crippen LogP contribution < -0.4 is 14.8 Å². The summed E-state index contributed by atoms with van der Waals surface area (Å²) in [4.78, 5) is 10.9. The number of hydrogen-bond donors (Lipinski definition) is 1. The van der Waals surface area contributed by atoms with Crippen LogP contribution in [0.15, 0.2) is 60.7 Å². The number of non-ortho nitro benzene ring substituents is 1. The van der Waals surface area contributed by atoms with Crippen molar-refractivity contribution in [3.05, 3.63) is 99.1 Å². The predicted octanol–water partition coefficient (Wildman–Crippen LogP) is 5.33. The molecule has 0 aliphatic rings. The van der Waals surface area contributed by atoms with Crippen molar-refractivity contribution in [3.8, 4) is 11.5 Å². The van der Waals surface area contributed by atoms with E-state index in [0.29, 0.717) is 22.6 Å². The van der Waals surface area contributed by atoms with Gasteiger partial charge in [-0.1, -0.05) is 18.2 Å². The summed E-state index contributed by atoms with van der Waals surface area (Å²) in [6.07, 6.45) is 0. The van der Waals surface area contributed by atoms with Crippen LogP contribution in [0.2, 0.25) is 0 Å². The number of nitrogens with zero attached hydrogens (tertiary/aromatic N) is 1. The number of halogens is 2. The highest BCUT2D eigenvalue weighted by molar-refractivity contribution is 5.49. The minimum atomic E-state index is -0.944. The zero-order valence-corrected chi connectivity index (χ0v) is 17.3. The standard InChI is InChI=1S/C23H22F2N2O4/c1-14(16-6-10-20(24)21(25)12-16)26-23(15-4-8-18(30-2)9-5-15)19-13-17(27(28)29)7-11-22(19)31-3/h4-14,23,26H,1-3H3. The monoisotopic (exact) mass is 428 g/mol. The van der Waals surface area contributed by atoms with Crippen LogP contribution >= 0.6 is 0 Å². The van der Waals surface area contributed by atoms with Gasteiger partial charge in [0.15, 0.2) is 11.6 Å². The highest BCUT2D eigenvalue weighted by Crippen LogP contribution is 2.35. The van der Waals surface area contributed by atoms with E-state index in [0.717, 1.165) is 17.7 Å². The summed E-state index contributed by atoms with van der Waals surface area (Å²) in [7, 11) is 3.04. The summed E-state index contributed by atoms with van der Waals surface area (Å²) >= 11 is 0. The molecule has 0 heterocycles. The van der Waals surface area contributed by atoms with E-state index in [4.69, 9.17) is 9.47 Å². The highest BCUT2D eigenvalue weighted by atomic mass is 19.2. The zero-order chi connectivity index (χ0) is 22.5. The van der Waals surface area contributed by atoms with Crippen molar-refractivity contribution in [3.63, 3.8) is 0 Å². The summed E-state index contributed by atoms with van der Waals surface area (Å²) in [5.41, 5.74) is 1.77. The molecule has 0 saturated carbocycles. The molecule has 3 rings (SSSR count). The molecule has 0 aliphatic carbocycles. The first-order chi connectivity index (χ1) is 14.8. The average Bonchev–Trinajstić information content (AvgIpc) is 2.78. The van der Waals surface area contributed by atoms with Crippen LogP contribution in [-0.4, -0.2) is 19.1 Å². The van der Waals surface area contributed by atoms with Crippen LogP contribution in [-0.2, 0) is 0 Å². The van der Waals surface area contributed by atoms with E-state index >= 15 is 0 Å². The molecule has 2 atom stereocenters. The lowest BCUT2D eigenvalue weighted by Gasteiger charge is -2.26. The first kappa shape index (κ1) is 22.2. The van der Waals surface area contributed by atoms with Crippen molar-refractivity contribution in [1.29, 1.82) is 0 Å². The quantitative estimate of drug-likeness (QED) is 0.388. The fourth-order valence-corrected chi connectivity index (χ4v) is 3.35. The molecule has 3 aromatic carbocycles. The molecule has 0 amide bonds. The number of methoxy groups -OCH3 is 2. The van der Waals surface area contributed by atoms with Gasteiger partial charge in [-0.15, -0.1) is 0 Å². The Balaban J connectivity index is 2.07. The Hall–Kier alpha value is -3.52. The Labute approximate surface area is 178 Å². The minimum Gasteiger partial charge on any atom is -0.497 e. The van der Waals surface area contributed by atoms with Gasteiger partial charge in [0, 0.05) is 23.7 Å². The Bertz CT molecular complexity index is 1070. The zero-order valence-electron chi connectivity index (χ0n) is 17.3. The van der Waals surface area contributed by atoms with E-state index in [1.807, 2.05) is 12.1 Å². The van der Waals surface area contributed by atoms with Crippen molar-refractivity contribution < 1.29 is 23.2 Å².